The van der Waals surface area contributed by atoms with Crippen molar-refractivity contribution in [2.45, 2.75) is 40.2 Å². The van der Waals surface area contributed by atoms with Gasteiger partial charge in [-0.05, 0) is 107 Å². The number of nitrogens with zero attached hydrogens (tertiary/aromatic N) is 2. The van der Waals surface area contributed by atoms with Gasteiger partial charge in [-0.2, -0.15) is 0 Å². The largest absolute Gasteiger partial charge is 0.258 e. The highest BCUT2D eigenvalue weighted by Crippen LogP contribution is 2.34. The van der Waals surface area contributed by atoms with Crippen LogP contribution < -0.4 is 0 Å². The van der Waals surface area contributed by atoms with Gasteiger partial charge in [0.05, 0.1) is 6.04 Å². The van der Waals surface area contributed by atoms with Gasteiger partial charge in [-0.1, -0.05) is 134 Å². The molecule has 46 heavy (non-hydrogen) atoms. The second-order valence-corrected chi connectivity index (χ2v) is 11.8. The molecule has 0 aromatic heterocycles. The maximum Gasteiger partial charge on any atom is 0.155 e. The Morgan fingerprint density at radius 3 is 1.87 bits per heavy atom. The van der Waals surface area contributed by atoms with Gasteiger partial charge < -0.3 is 0 Å². The number of hydrogen-bond acceptors (Lipinski definition) is 1. The zero-order valence-corrected chi connectivity index (χ0v) is 27.1. The smallest absolute Gasteiger partial charge is 0.155 e. The van der Waals surface area contributed by atoms with Gasteiger partial charge in [0.2, 0.25) is 0 Å². The van der Waals surface area contributed by atoms with Crippen molar-refractivity contribution in [3.8, 4) is 33.4 Å². The van der Waals surface area contributed by atoms with Crippen molar-refractivity contribution < 1.29 is 0 Å². The summed E-state index contributed by atoms with van der Waals surface area (Å²) >= 11 is 0. The van der Waals surface area contributed by atoms with E-state index in [-0.39, 0.29) is 6.04 Å². The van der Waals surface area contributed by atoms with E-state index >= 15 is 0 Å². The van der Waals surface area contributed by atoms with Crippen molar-refractivity contribution in [1.82, 2.24) is 0 Å². The van der Waals surface area contributed by atoms with E-state index in [9.17, 15) is 0 Å². The lowest BCUT2D eigenvalue weighted by Gasteiger charge is -2.15. The SMILES string of the molecule is CCc1ccccc1-c1cc(-c2cc(C(C)=NC(=NC(C)c3ccccc3)c3ccccc3)cc(-c3ccccc3)c2)ccc1C. The molecule has 2 nitrogen and oxygen atoms in total. The van der Waals surface area contributed by atoms with Gasteiger partial charge in [-0.3, -0.25) is 4.99 Å². The van der Waals surface area contributed by atoms with Crippen LogP contribution in [0.4, 0.5) is 0 Å². The van der Waals surface area contributed by atoms with Crippen LogP contribution in [0.1, 0.15) is 54.6 Å². The molecule has 0 N–H and O–H groups in total. The molecular weight excluding hydrogens is 556 g/mol. The Morgan fingerprint density at radius 1 is 0.565 bits per heavy atom. The van der Waals surface area contributed by atoms with E-state index in [4.69, 9.17) is 9.98 Å². The fraction of sp³-hybridized carbons (Fsp3) is 0.136. The summed E-state index contributed by atoms with van der Waals surface area (Å²) in [4.78, 5) is 10.4. The molecule has 0 aliphatic heterocycles. The molecule has 0 fully saturated rings. The molecule has 6 rings (SSSR count). The number of amidine groups is 1. The highest BCUT2D eigenvalue weighted by atomic mass is 14.9. The van der Waals surface area contributed by atoms with Crippen LogP contribution in [-0.2, 0) is 6.42 Å². The van der Waals surface area contributed by atoms with Gasteiger partial charge in [-0.25, -0.2) is 4.99 Å². The third kappa shape index (κ3) is 6.98. The van der Waals surface area contributed by atoms with E-state index in [1.54, 1.807) is 0 Å². The summed E-state index contributed by atoms with van der Waals surface area (Å²) < 4.78 is 0. The van der Waals surface area contributed by atoms with E-state index in [0.29, 0.717) is 0 Å². The maximum atomic E-state index is 5.22. The summed E-state index contributed by atoms with van der Waals surface area (Å²) in [6, 6.07) is 53.7. The second-order valence-electron chi connectivity index (χ2n) is 11.8. The summed E-state index contributed by atoms with van der Waals surface area (Å²) in [6.45, 7) is 8.65. The van der Waals surface area contributed by atoms with Crippen molar-refractivity contribution in [3.05, 3.63) is 179 Å². The molecule has 0 spiro atoms. The minimum absolute atomic E-state index is 0.0313. The normalized spacial score (nSPS) is 12.6. The molecule has 0 heterocycles. The summed E-state index contributed by atoms with van der Waals surface area (Å²) in [5, 5.41) is 0. The Labute approximate surface area is 273 Å². The lowest BCUT2D eigenvalue weighted by Crippen LogP contribution is -2.06. The molecule has 0 bridgehead atoms. The predicted octanol–water partition coefficient (Wildman–Crippen LogP) is 11.6. The zero-order valence-electron chi connectivity index (χ0n) is 27.1. The number of aryl methyl sites for hydroxylation is 2. The average molecular weight is 597 g/mol. The fourth-order valence-electron chi connectivity index (χ4n) is 5.95. The van der Waals surface area contributed by atoms with E-state index in [2.05, 4.69) is 155 Å². The lowest BCUT2D eigenvalue weighted by molar-refractivity contribution is 0.818. The van der Waals surface area contributed by atoms with Crippen molar-refractivity contribution in [1.29, 1.82) is 0 Å². The predicted molar refractivity (Wildman–Crippen MR) is 197 cm³/mol. The molecule has 226 valence electrons. The Bertz CT molecular complexity index is 1990. The number of rotatable bonds is 8. The summed E-state index contributed by atoms with van der Waals surface area (Å²) in [6.07, 6.45) is 0.997. The molecule has 0 saturated carbocycles. The summed E-state index contributed by atoms with van der Waals surface area (Å²) in [5.41, 5.74) is 14.1. The second kappa shape index (κ2) is 14.2. The van der Waals surface area contributed by atoms with Crippen LogP contribution in [0, 0.1) is 6.92 Å². The fourth-order valence-corrected chi connectivity index (χ4v) is 5.95. The van der Waals surface area contributed by atoms with Crippen molar-refractivity contribution in [3.63, 3.8) is 0 Å². The molecule has 0 aliphatic carbocycles. The molecule has 0 saturated heterocycles. The van der Waals surface area contributed by atoms with Crippen LogP contribution in [0.25, 0.3) is 33.4 Å². The molecular formula is C44H40N2. The molecule has 0 amide bonds. The van der Waals surface area contributed by atoms with E-state index < -0.39 is 0 Å². The molecule has 0 radical (unpaired) electrons. The highest BCUT2D eigenvalue weighted by molar-refractivity contribution is 6.12. The zero-order chi connectivity index (χ0) is 31.9. The quantitative estimate of drug-likeness (QED) is 0.123. The van der Waals surface area contributed by atoms with Gasteiger partial charge in [-0.15, -0.1) is 0 Å². The first-order valence-corrected chi connectivity index (χ1v) is 16.1. The molecule has 2 heteroatoms. The molecule has 1 unspecified atom stereocenters. The van der Waals surface area contributed by atoms with Crippen LogP contribution in [0.15, 0.2) is 162 Å². The number of benzene rings is 6. The minimum atomic E-state index is -0.0313. The van der Waals surface area contributed by atoms with Crippen molar-refractivity contribution in [2.75, 3.05) is 0 Å². The number of aliphatic imine (C=N–C) groups is 2. The highest BCUT2D eigenvalue weighted by Gasteiger charge is 2.13. The first-order chi connectivity index (χ1) is 22.5. The Morgan fingerprint density at radius 2 is 1.17 bits per heavy atom. The van der Waals surface area contributed by atoms with Crippen LogP contribution in [-0.4, -0.2) is 11.5 Å². The topological polar surface area (TPSA) is 24.7 Å². The van der Waals surface area contributed by atoms with Crippen LogP contribution in [0.2, 0.25) is 0 Å². The van der Waals surface area contributed by atoms with Crippen LogP contribution in [0.5, 0.6) is 0 Å². The van der Waals surface area contributed by atoms with E-state index in [1.807, 2.05) is 24.3 Å². The minimum Gasteiger partial charge on any atom is -0.258 e. The van der Waals surface area contributed by atoms with Gasteiger partial charge in [0.25, 0.3) is 0 Å². The Hall–Kier alpha value is -5.34. The molecule has 1 atom stereocenters. The van der Waals surface area contributed by atoms with E-state index in [0.717, 1.165) is 45.8 Å². The third-order valence-electron chi connectivity index (χ3n) is 8.62. The van der Waals surface area contributed by atoms with Gasteiger partial charge in [0.15, 0.2) is 5.84 Å². The van der Waals surface area contributed by atoms with Gasteiger partial charge in [0.1, 0.15) is 0 Å². The Kier molecular flexibility index (Phi) is 9.45. The first kappa shape index (κ1) is 30.7. The van der Waals surface area contributed by atoms with E-state index in [1.165, 1.54) is 33.4 Å². The molecule has 0 aliphatic rings. The molecule has 6 aromatic carbocycles. The lowest BCUT2D eigenvalue weighted by atomic mass is 9.90. The third-order valence-corrected chi connectivity index (χ3v) is 8.62. The van der Waals surface area contributed by atoms with Crippen LogP contribution in [0.3, 0.4) is 0 Å². The standard InChI is InChI=1S/C44H40N2/c1-5-34-17-15-16-24-42(34)43-30-38(26-25-31(43)2)41-28-39(27-40(29-41)36-20-11-7-12-21-36)33(4)46-44(37-22-13-8-14-23-37)45-32(3)35-18-9-6-10-19-35/h6-30,32H,5H2,1-4H3. The maximum absolute atomic E-state index is 5.22. The number of hydrogen-bond donors (Lipinski definition) is 0. The first-order valence-electron chi connectivity index (χ1n) is 16.1. The van der Waals surface area contributed by atoms with Gasteiger partial charge >= 0.3 is 0 Å². The average Bonchev–Trinajstić information content (AvgIpc) is 3.12. The van der Waals surface area contributed by atoms with Crippen molar-refractivity contribution >= 4 is 11.5 Å². The molecule has 6 aromatic rings. The summed E-state index contributed by atoms with van der Waals surface area (Å²) in [5.74, 6) is 0.731. The monoisotopic (exact) mass is 596 g/mol. The Balaban J connectivity index is 1.49. The van der Waals surface area contributed by atoms with Gasteiger partial charge in [0, 0.05) is 11.3 Å². The summed E-state index contributed by atoms with van der Waals surface area (Å²) in [7, 11) is 0. The van der Waals surface area contributed by atoms with Crippen LogP contribution >= 0.6 is 0 Å². The van der Waals surface area contributed by atoms with Crippen molar-refractivity contribution in [2.24, 2.45) is 9.98 Å².